The van der Waals surface area contributed by atoms with Crippen LogP contribution in [0.2, 0.25) is 0 Å². The summed E-state index contributed by atoms with van der Waals surface area (Å²) < 4.78 is 1.58. The molecule has 0 bridgehead atoms. The number of hydrogen-bond acceptors (Lipinski definition) is 6. The van der Waals surface area contributed by atoms with E-state index in [0.29, 0.717) is 18.4 Å². The normalized spacial score (nSPS) is 19.8. The van der Waals surface area contributed by atoms with Crippen LogP contribution < -0.4 is 10.9 Å². The lowest BCUT2D eigenvalue weighted by Crippen LogP contribution is -2.58. The van der Waals surface area contributed by atoms with Gasteiger partial charge < -0.3 is 5.32 Å². The summed E-state index contributed by atoms with van der Waals surface area (Å²) in [4.78, 5) is 34.5. The smallest absolute Gasteiger partial charge is 0.262 e. The highest BCUT2D eigenvalue weighted by Crippen LogP contribution is 2.35. The molecule has 0 spiro atoms. The van der Waals surface area contributed by atoms with Crippen LogP contribution >= 0.6 is 23.1 Å². The molecular formula is C22H32N4O2S2. The lowest BCUT2D eigenvalue weighted by Gasteiger charge is -2.48. The van der Waals surface area contributed by atoms with Crippen LogP contribution in [0.4, 0.5) is 0 Å². The summed E-state index contributed by atoms with van der Waals surface area (Å²) in [6.45, 7) is 7.33. The fourth-order valence-corrected chi connectivity index (χ4v) is 6.75. The van der Waals surface area contributed by atoms with Crippen LogP contribution in [0.1, 0.15) is 49.0 Å². The zero-order valence-electron chi connectivity index (χ0n) is 18.0. The summed E-state index contributed by atoms with van der Waals surface area (Å²) >= 11 is 3.58. The predicted molar refractivity (Wildman–Crippen MR) is 126 cm³/mol. The highest BCUT2D eigenvalue weighted by atomic mass is 32.2. The zero-order chi connectivity index (χ0) is 21.1. The summed E-state index contributed by atoms with van der Waals surface area (Å²) in [5.74, 6) is 2.40. The van der Waals surface area contributed by atoms with E-state index in [2.05, 4.69) is 15.2 Å². The van der Waals surface area contributed by atoms with E-state index in [1.54, 1.807) is 22.2 Å². The number of aryl methyl sites for hydroxylation is 3. The first-order valence-corrected chi connectivity index (χ1v) is 13.0. The van der Waals surface area contributed by atoms with Gasteiger partial charge in [-0.2, -0.15) is 11.8 Å². The number of amides is 1. The number of fused-ring (bicyclic) bond motifs is 1. The maximum atomic E-state index is 12.8. The first kappa shape index (κ1) is 21.8. The van der Waals surface area contributed by atoms with Crippen LogP contribution in [-0.2, 0) is 11.3 Å². The SMILES string of the molecule is Cc1sc2ncn(CCC(=O)NCC3(N4CCSCC4)CCCCC3)c(=O)c2c1C. The lowest BCUT2D eigenvalue weighted by atomic mass is 9.80. The molecule has 6 nitrogen and oxygen atoms in total. The van der Waals surface area contributed by atoms with Crippen LogP contribution in [0.25, 0.3) is 10.2 Å². The number of hydrogen-bond donors (Lipinski definition) is 1. The second-order valence-corrected chi connectivity index (χ2v) is 11.0. The summed E-state index contributed by atoms with van der Waals surface area (Å²) in [7, 11) is 0. The van der Waals surface area contributed by atoms with Gasteiger partial charge in [-0.3, -0.25) is 19.1 Å². The number of carbonyl (C=O) groups is 1. The van der Waals surface area contributed by atoms with Crippen LogP contribution in [0.5, 0.6) is 0 Å². The molecule has 2 aromatic heterocycles. The first-order chi connectivity index (χ1) is 14.5. The van der Waals surface area contributed by atoms with Crippen molar-refractivity contribution in [2.24, 2.45) is 0 Å². The molecule has 4 rings (SSSR count). The Kier molecular flexibility index (Phi) is 6.85. The van der Waals surface area contributed by atoms with E-state index in [1.165, 1.54) is 43.6 Å². The Bertz CT molecular complexity index is 956. The van der Waals surface area contributed by atoms with Gasteiger partial charge in [-0.25, -0.2) is 4.98 Å². The number of thiophene rings is 1. The molecule has 0 aromatic carbocycles. The van der Waals surface area contributed by atoms with Crippen LogP contribution in [0, 0.1) is 13.8 Å². The molecule has 1 amide bonds. The van der Waals surface area contributed by atoms with Crippen molar-refractivity contribution in [1.29, 1.82) is 0 Å². The van der Waals surface area contributed by atoms with Crippen molar-refractivity contribution in [2.75, 3.05) is 31.1 Å². The Hall–Kier alpha value is -1.38. The lowest BCUT2D eigenvalue weighted by molar-refractivity contribution is -0.122. The minimum atomic E-state index is -0.0378. The van der Waals surface area contributed by atoms with Gasteiger partial charge in [-0.05, 0) is 32.3 Å². The summed E-state index contributed by atoms with van der Waals surface area (Å²) in [6, 6.07) is 0. The fraction of sp³-hybridized carbons (Fsp3) is 0.682. The number of nitrogens with one attached hydrogen (secondary N) is 1. The number of carbonyl (C=O) groups excluding carboxylic acids is 1. The van der Waals surface area contributed by atoms with E-state index in [-0.39, 0.29) is 17.0 Å². The molecule has 2 aliphatic rings. The van der Waals surface area contributed by atoms with Gasteiger partial charge in [0.25, 0.3) is 5.56 Å². The molecule has 164 valence electrons. The second-order valence-electron chi connectivity index (χ2n) is 8.62. The predicted octanol–water partition coefficient (Wildman–Crippen LogP) is 3.33. The average Bonchev–Trinajstić information content (AvgIpc) is 3.07. The standard InChI is InChI=1S/C22H32N4O2S2/c1-16-17(2)30-20-19(16)21(28)25(15-24-20)9-6-18(27)23-14-22(7-4-3-5-8-22)26-10-12-29-13-11-26/h15H,3-14H2,1-2H3,(H,23,27). The largest absolute Gasteiger partial charge is 0.354 e. The Labute approximate surface area is 186 Å². The van der Waals surface area contributed by atoms with Crippen molar-refractivity contribution in [3.05, 3.63) is 27.1 Å². The molecule has 1 aliphatic heterocycles. The van der Waals surface area contributed by atoms with Gasteiger partial charge in [0.15, 0.2) is 0 Å². The molecule has 0 atom stereocenters. The Balaban J connectivity index is 1.38. The second kappa shape index (κ2) is 9.40. The van der Waals surface area contributed by atoms with Crippen LogP contribution in [0.3, 0.4) is 0 Å². The van der Waals surface area contributed by atoms with Gasteiger partial charge in [0, 0.05) is 54.5 Å². The number of aromatic nitrogens is 2. The first-order valence-electron chi connectivity index (χ1n) is 11.0. The van der Waals surface area contributed by atoms with Crippen LogP contribution in [-0.4, -0.2) is 57.0 Å². The third-order valence-electron chi connectivity index (χ3n) is 6.82. The highest BCUT2D eigenvalue weighted by Gasteiger charge is 2.38. The van der Waals surface area contributed by atoms with E-state index in [9.17, 15) is 9.59 Å². The van der Waals surface area contributed by atoms with Crippen molar-refractivity contribution in [2.45, 2.75) is 64.5 Å². The number of nitrogens with zero attached hydrogens (tertiary/aromatic N) is 3. The highest BCUT2D eigenvalue weighted by molar-refractivity contribution is 7.99. The van der Waals surface area contributed by atoms with Gasteiger partial charge in [0.1, 0.15) is 4.83 Å². The monoisotopic (exact) mass is 448 g/mol. The van der Waals surface area contributed by atoms with E-state index in [4.69, 9.17) is 0 Å². The molecule has 1 saturated heterocycles. The van der Waals surface area contributed by atoms with E-state index < -0.39 is 0 Å². The Morgan fingerprint density at radius 3 is 2.67 bits per heavy atom. The molecule has 3 heterocycles. The summed E-state index contributed by atoms with van der Waals surface area (Å²) in [5.41, 5.74) is 1.09. The van der Waals surface area contributed by atoms with Gasteiger partial charge in [-0.15, -0.1) is 11.3 Å². The molecule has 1 N–H and O–H groups in total. The minimum absolute atomic E-state index is 0.0246. The van der Waals surface area contributed by atoms with Crippen molar-refractivity contribution in [3.8, 4) is 0 Å². The molecule has 2 fully saturated rings. The van der Waals surface area contributed by atoms with Crippen LogP contribution in [0.15, 0.2) is 11.1 Å². The maximum absolute atomic E-state index is 12.8. The molecule has 1 aliphatic carbocycles. The van der Waals surface area contributed by atoms with Crippen molar-refractivity contribution in [3.63, 3.8) is 0 Å². The Morgan fingerprint density at radius 2 is 1.93 bits per heavy atom. The molecule has 0 unspecified atom stereocenters. The average molecular weight is 449 g/mol. The van der Waals surface area contributed by atoms with Crippen molar-refractivity contribution < 1.29 is 4.79 Å². The zero-order valence-corrected chi connectivity index (χ0v) is 19.7. The topological polar surface area (TPSA) is 67.2 Å². The number of rotatable bonds is 6. The quantitative estimate of drug-likeness (QED) is 0.734. The molecular weight excluding hydrogens is 416 g/mol. The van der Waals surface area contributed by atoms with Crippen molar-refractivity contribution >= 4 is 39.2 Å². The third-order valence-corrected chi connectivity index (χ3v) is 8.87. The van der Waals surface area contributed by atoms with Gasteiger partial charge in [0.2, 0.25) is 5.91 Å². The van der Waals surface area contributed by atoms with Gasteiger partial charge in [-0.1, -0.05) is 19.3 Å². The van der Waals surface area contributed by atoms with E-state index in [1.807, 2.05) is 25.6 Å². The van der Waals surface area contributed by atoms with Crippen molar-refractivity contribution in [1.82, 2.24) is 19.8 Å². The molecule has 2 aromatic rings. The minimum Gasteiger partial charge on any atom is -0.354 e. The van der Waals surface area contributed by atoms with E-state index >= 15 is 0 Å². The molecule has 8 heteroatoms. The molecule has 30 heavy (non-hydrogen) atoms. The van der Waals surface area contributed by atoms with Gasteiger partial charge >= 0.3 is 0 Å². The van der Waals surface area contributed by atoms with E-state index in [0.717, 1.165) is 34.9 Å². The van der Waals surface area contributed by atoms with Gasteiger partial charge in [0.05, 0.1) is 11.7 Å². The number of thioether (sulfide) groups is 1. The summed E-state index contributed by atoms with van der Waals surface area (Å²) in [6.07, 6.45) is 8.05. The maximum Gasteiger partial charge on any atom is 0.262 e. The third kappa shape index (κ3) is 4.46. The molecule has 0 radical (unpaired) electrons. The molecule has 1 saturated carbocycles. The fourth-order valence-electron chi connectivity index (χ4n) is 4.86. The Morgan fingerprint density at radius 1 is 1.20 bits per heavy atom. The summed E-state index contributed by atoms with van der Waals surface area (Å²) in [5, 5.41) is 3.91.